The van der Waals surface area contributed by atoms with Crippen molar-refractivity contribution < 1.29 is 4.74 Å². The summed E-state index contributed by atoms with van der Waals surface area (Å²) in [6.07, 6.45) is 1.86. The van der Waals surface area contributed by atoms with Gasteiger partial charge in [-0.2, -0.15) is 0 Å². The Hall–Kier alpha value is -6.45. The van der Waals surface area contributed by atoms with Gasteiger partial charge in [-0.3, -0.25) is 4.98 Å². The van der Waals surface area contributed by atoms with E-state index >= 15 is 0 Å². The topological polar surface area (TPSA) is 27.1 Å². The summed E-state index contributed by atoms with van der Waals surface area (Å²) in [4.78, 5) is 4.68. The van der Waals surface area contributed by atoms with Crippen molar-refractivity contribution in [1.29, 1.82) is 0 Å². The van der Waals surface area contributed by atoms with E-state index in [0.717, 1.165) is 50.2 Å². The lowest BCUT2D eigenvalue weighted by Gasteiger charge is -2.45. The van der Waals surface area contributed by atoms with E-state index in [9.17, 15) is 0 Å². The van der Waals surface area contributed by atoms with Gasteiger partial charge in [0.1, 0.15) is 11.5 Å². The van der Waals surface area contributed by atoms with Crippen molar-refractivity contribution in [3.63, 3.8) is 0 Å². The summed E-state index contributed by atoms with van der Waals surface area (Å²) in [5, 5.41) is 3.68. The summed E-state index contributed by atoms with van der Waals surface area (Å²) >= 11 is 0. The lowest BCUT2D eigenvalue weighted by molar-refractivity contribution is 0.434. The SMILES string of the molecule is c1ccc2c(c1)Oc1cc(-c3ccc(-c4cccc5cccnc45)cc3)ccc1C21c2ccccc2-n2c3ccccc3c3cccc1c32. The average molecular weight is 625 g/mol. The molecule has 1 atom stereocenters. The fourth-order valence-electron chi connectivity index (χ4n) is 8.69. The minimum Gasteiger partial charge on any atom is -0.457 e. The lowest BCUT2D eigenvalue weighted by Crippen LogP contribution is -2.37. The van der Waals surface area contributed by atoms with Gasteiger partial charge < -0.3 is 9.30 Å². The number of aromatic nitrogens is 2. The number of hydrogen-bond donors (Lipinski definition) is 0. The highest BCUT2D eigenvalue weighted by atomic mass is 16.5. The zero-order valence-corrected chi connectivity index (χ0v) is 26.5. The Balaban J connectivity index is 1.14. The normalized spacial score (nSPS) is 15.6. The molecule has 4 heterocycles. The number of nitrogens with zero attached hydrogens (tertiary/aromatic N) is 2. The molecule has 0 radical (unpaired) electrons. The first-order valence-corrected chi connectivity index (χ1v) is 16.8. The van der Waals surface area contributed by atoms with Crippen LogP contribution >= 0.6 is 0 Å². The van der Waals surface area contributed by atoms with Gasteiger partial charge in [-0.25, -0.2) is 0 Å². The highest BCUT2D eigenvalue weighted by molar-refractivity contribution is 6.12. The van der Waals surface area contributed by atoms with Gasteiger partial charge in [0.05, 0.1) is 27.7 Å². The van der Waals surface area contributed by atoms with Crippen molar-refractivity contribution >= 4 is 32.7 Å². The summed E-state index contributed by atoms with van der Waals surface area (Å²) in [6, 6.07) is 59.2. The van der Waals surface area contributed by atoms with Gasteiger partial charge in [0, 0.05) is 39.0 Å². The average Bonchev–Trinajstić information content (AvgIpc) is 3.51. The number of fused-ring (bicyclic) bond motifs is 12. The van der Waals surface area contributed by atoms with E-state index in [4.69, 9.17) is 4.74 Å². The van der Waals surface area contributed by atoms with Gasteiger partial charge in [0.15, 0.2) is 0 Å². The van der Waals surface area contributed by atoms with Gasteiger partial charge in [-0.1, -0.05) is 133 Å². The van der Waals surface area contributed by atoms with Crippen LogP contribution < -0.4 is 4.74 Å². The molecule has 0 saturated heterocycles. The standard InChI is InChI=1S/C46H28N2O/c1-4-18-40-34(12-1)35-14-8-17-39-45(35)48(40)41-19-5-2-15-36(41)46(39)37-16-3-6-20-42(37)49-43-28-32(25-26-38(43)46)29-21-23-30(24-22-29)33-13-7-10-31-11-9-27-47-44(31)33/h1-28H. The van der Waals surface area contributed by atoms with E-state index in [1.165, 1.54) is 44.2 Å². The largest absolute Gasteiger partial charge is 0.457 e. The number of para-hydroxylation sites is 5. The molecule has 2 aromatic heterocycles. The molecule has 3 nitrogen and oxygen atoms in total. The predicted molar refractivity (Wildman–Crippen MR) is 199 cm³/mol. The third-order valence-corrected chi connectivity index (χ3v) is 10.7. The van der Waals surface area contributed by atoms with Gasteiger partial charge in [0.25, 0.3) is 0 Å². The monoisotopic (exact) mass is 624 g/mol. The maximum atomic E-state index is 6.85. The maximum Gasteiger partial charge on any atom is 0.132 e. The quantitative estimate of drug-likeness (QED) is 0.191. The minimum absolute atomic E-state index is 0.561. The van der Waals surface area contributed by atoms with Crippen LogP contribution in [0.5, 0.6) is 11.5 Å². The smallest absolute Gasteiger partial charge is 0.132 e. The van der Waals surface area contributed by atoms with Crippen LogP contribution in [0, 0.1) is 0 Å². The molecule has 11 rings (SSSR count). The van der Waals surface area contributed by atoms with Gasteiger partial charge in [-0.05, 0) is 58.1 Å². The van der Waals surface area contributed by atoms with Crippen molar-refractivity contribution in [2.45, 2.75) is 5.41 Å². The molecule has 0 aliphatic carbocycles. The van der Waals surface area contributed by atoms with Crippen LogP contribution in [0.1, 0.15) is 22.3 Å². The molecule has 49 heavy (non-hydrogen) atoms. The molecule has 3 heteroatoms. The second kappa shape index (κ2) is 9.79. The molecule has 1 spiro atoms. The van der Waals surface area contributed by atoms with E-state index in [2.05, 4.69) is 167 Å². The van der Waals surface area contributed by atoms with Crippen molar-refractivity contribution in [2.24, 2.45) is 0 Å². The van der Waals surface area contributed by atoms with Crippen LogP contribution in [0.15, 0.2) is 170 Å². The van der Waals surface area contributed by atoms with Crippen LogP contribution in [0.25, 0.3) is 60.6 Å². The van der Waals surface area contributed by atoms with Gasteiger partial charge in [0.2, 0.25) is 0 Å². The number of pyridine rings is 1. The molecular formula is C46H28N2O. The first-order valence-electron chi connectivity index (χ1n) is 16.8. The highest BCUT2D eigenvalue weighted by Gasteiger charge is 2.50. The summed E-state index contributed by atoms with van der Waals surface area (Å²) in [7, 11) is 0. The Bertz CT molecular complexity index is 2800. The third-order valence-electron chi connectivity index (χ3n) is 10.7. The first-order chi connectivity index (χ1) is 24.3. The molecule has 2 aliphatic rings. The van der Waals surface area contributed by atoms with Crippen LogP contribution in [0.3, 0.4) is 0 Å². The molecule has 0 N–H and O–H groups in total. The molecule has 0 bridgehead atoms. The number of benzene rings is 7. The Morgan fingerprint density at radius 3 is 2.12 bits per heavy atom. The van der Waals surface area contributed by atoms with Crippen LogP contribution in [0.4, 0.5) is 0 Å². The van der Waals surface area contributed by atoms with Gasteiger partial charge >= 0.3 is 0 Å². The fraction of sp³-hybridized carbons (Fsp3) is 0.0217. The molecule has 228 valence electrons. The Morgan fingerprint density at radius 1 is 0.490 bits per heavy atom. The molecule has 0 fully saturated rings. The summed E-state index contributed by atoms with van der Waals surface area (Å²) in [6.45, 7) is 0. The molecular weight excluding hydrogens is 597 g/mol. The van der Waals surface area contributed by atoms with Crippen molar-refractivity contribution in [1.82, 2.24) is 9.55 Å². The molecule has 0 amide bonds. The Morgan fingerprint density at radius 2 is 1.18 bits per heavy atom. The lowest BCUT2D eigenvalue weighted by atomic mass is 9.61. The summed E-state index contributed by atoms with van der Waals surface area (Å²) in [5.41, 5.74) is 13.6. The predicted octanol–water partition coefficient (Wildman–Crippen LogP) is 11.5. The first kappa shape index (κ1) is 26.6. The minimum atomic E-state index is -0.561. The van der Waals surface area contributed by atoms with E-state index in [1.807, 2.05) is 12.3 Å². The Labute approximate surface area is 283 Å². The summed E-state index contributed by atoms with van der Waals surface area (Å²) < 4.78 is 9.32. The zero-order chi connectivity index (χ0) is 32.1. The molecule has 1 unspecified atom stereocenters. The van der Waals surface area contributed by atoms with E-state index in [1.54, 1.807) is 0 Å². The number of rotatable bonds is 2. The summed E-state index contributed by atoms with van der Waals surface area (Å²) in [5.74, 6) is 1.78. The second-order valence-electron chi connectivity index (χ2n) is 13.1. The Kier molecular flexibility index (Phi) is 5.31. The van der Waals surface area contributed by atoms with E-state index in [0.29, 0.717) is 0 Å². The van der Waals surface area contributed by atoms with E-state index < -0.39 is 5.41 Å². The molecule has 9 aromatic rings. The van der Waals surface area contributed by atoms with E-state index in [-0.39, 0.29) is 0 Å². The number of hydrogen-bond acceptors (Lipinski definition) is 2. The van der Waals surface area contributed by atoms with Crippen LogP contribution in [-0.2, 0) is 5.41 Å². The van der Waals surface area contributed by atoms with Crippen molar-refractivity contribution in [2.75, 3.05) is 0 Å². The molecule has 2 aliphatic heterocycles. The van der Waals surface area contributed by atoms with Crippen LogP contribution in [0.2, 0.25) is 0 Å². The maximum absolute atomic E-state index is 6.85. The third kappa shape index (κ3) is 3.49. The molecule has 7 aromatic carbocycles. The van der Waals surface area contributed by atoms with Gasteiger partial charge in [-0.15, -0.1) is 0 Å². The van der Waals surface area contributed by atoms with Crippen LogP contribution in [-0.4, -0.2) is 9.55 Å². The van der Waals surface area contributed by atoms with Crippen molar-refractivity contribution in [3.8, 4) is 39.4 Å². The van der Waals surface area contributed by atoms with Crippen molar-refractivity contribution in [3.05, 3.63) is 192 Å². The molecule has 0 saturated carbocycles. The highest BCUT2D eigenvalue weighted by Crippen LogP contribution is 2.60. The zero-order valence-electron chi connectivity index (χ0n) is 26.5. The fourth-order valence-corrected chi connectivity index (χ4v) is 8.69. The number of ether oxygens (including phenoxy) is 1. The second-order valence-corrected chi connectivity index (χ2v) is 13.1.